The van der Waals surface area contributed by atoms with E-state index in [4.69, 9.17) is 5.10 Å². The van der Waals surface area contributed by atoms with E-state index in [-0.39, 0.29) is 11.8 Å². The molecule has 4 rings (SSSR count). The number of piperidine rings is 1. The quantitative estimate of drug-likeness (QED) is 0.610. The number of thiazole rings is 1. The molecular weight excluding hydrogens is 406 g/mol. The lowest BCUT2D eigenvalue weighted by molar-refractivity contribution is -0.126. The number of aryl methyl sites for hydroxylation is 2. The van der Waals surface area contributed by atoms with Crippen molar-refractivity contribution in [3.05, 3.63) is 68.9 Å². The van der Waals surface area contributed by atoms with Crippen LogP contribution in [-0.4, -0.2) is 38.7 Å². The molecule has 0 unspecified atom stereocenters. The zero-order valence-corrected chi connectivity index (χ0v) is 19.4. The summed E-state index contributed by atoms with van der Waals surface area (Å²) < 4.78 is 2.03. The second kappa shape index (κ2) is 9.75. The number of carbonyl (C=O) groups excluding carboxylic acids is 1. The van der Waals surface area contributed by atoms with E-state index >= 15 is 0 Å². The van der Waals surface area contributed by atoms with Gasteiger partial charge >= 0.3 is 0 Å². The van der Waals surface area contributed by atoms with Gasteiger partial charge < -0.3 is 5.32 Å². The van der Waals surface area contributed by atoms with Gasteiger partial charge in [0.25, 0.3) is 0 Å². The fourth-order valence-electron chi connectivity index (χ4n) is 4.28. The third-order valence-corrected chi connectivity index (χ3v) is 6.98. The second-order valence-electron chi connectivity index (χ2n) is 8.42. The van der Waals surface area contributed by atoms with Crippen LogP contribution < -0.4 is 5.32 Å². The van der Waals surface area contributed by atoms with Crippen LogP contribution in [0.1, 0.15) is 46.1 Å². The highest BCUT2D eigenvalue weighted by Crippen LogP contribution is 2.21. The summed E-state index contributed by atoms with van der Waals surface area (Å²) in [4.78, 5) is 19.8. The van der Waals surface area contributed by atoms with Crippen LogP contribution in [0.4, 0.5) is 0 Å². The molecule has 1 aliphatic heterocycles. The largest absolute Gasteiger partial charge is 0.352 e. The van der Waals surface area contributed by atoms with Crippen molar-refractivity contribution in [2.24, 2.45) is 5.92 Å². The Kier molecular flexibility index (Phi) is 6.83. The van der Waals surface area contributed by atoms with Gasteiger partial charge in [-0.2, -0.15) is 5.10 Å². The van der Waals surface area contributed by atoms with Gasteiger partial charge in [-0.05, 0) is 52.3 Å². The van der Waals surface area contributed by atoms with E-state index in [9.17, 15) is 4.79 Å². The number of nitrogens with one attached hydrogen (secondary N) is 1. The Balaban J connectivity index is 1.28. The Morgan fingerprint density at radius 3 is 2.55 bits per heavy atom. The maximum Gasteiger partial charge on any atom is 0.223 e. The number of amides is 1. The van der Waals surface area contributed by atoms with Crippen molar-refractivity contribution in [3.8, 4) is 0 Å². The minimum Gasteiger partial charge on any atom is -0.352 e. The lowest BCUT2D eigenvalue weighted by Crippen LogP contribution is -2.40. The normalized spacial score (nSPS) is 15.3. The monoisotopic (exact) mass is 437 g/mol. The maximum atomic E-state index is 12.8. The first-order valence-corrected chi connectivity index (χ1v) is 11.9. The molecule has 0 saturated carbocycles. The van der Waals surface area contributed by atoms with Gasteiger partial charge in [0.05, 0.1) is 22.9 Å². The highest BCUT2D eigenvalue weighted by atomic mass is 32.1. The molecule has 1 saturated heterocycles. The van der Waals surface area contributed by atoms with Crippen LogP contribution in [0.25, 0.3) is 0 Å². The molecule has 3 aromatic rings. The fourth-order valence-corrected chi connectivity index (χ4v) is 4.89. The van der Waals surface area contributed by atoms with E-state index in [0.29, 0.717) is 6.54 Å². The minimum absolute atomic E-state index is 0.0911. The Morgan fingerprint density at radius 1 is 1.13 bits per heavy atom. The standard InChI is InChI=1S/C24H31N5OS/c1-17-23(18(2)29(27-17)14-20-7-5-4-6-8-20)13-25-24(30)21-9-11-28(12-10-21)15-22-16-31-19(3)26-22/h4-8,16,21H,9-15H2,1-3H3,(H,25,30). The van der Waals surface area contributed by atoms with Crippen LogP contribution in [0, 0.1) is 26.7 Å². The first-order chi connectivity index (χ1) is 15.0. The van der Waals surface area contributed by atoms with E-state index in [0.717, 1.165) is 66.7 Å². The predicted octanol–water partition coefficient (Wildman–Crippen LogP) is 3.84. The van der Waals surface area contributed by atoms with Gasteiger partial charge in [-0.25, -0.2) is 4.98 Å². The van der Waals surface area contributed by atoms with Gasteiger partial charge in [-0.15, -0.1) is 11.3 Å². The molecule has 0 spiro atoms. The van der Waals surface area contributed by atoms with Crippen molar-refractivity contribution >= 4 is 17.2 Å². The summed E-state index contributed by atoms with van der Waals surface area (Å²) >= 11 is 1.70. The zero-order chi connectivity index (χ0) is 21.8. The Labute approximate surface area is 188 Å². The predicted molar refractivity (Wildman–Crippen MR) is 124 cm³/mol. The second-order valence-corrected chi connectivity index (χ2v) is 9.48. The Hall–Kier alpha value is -2.51. The van der Waals surface area contributed by atoms with Gasteiger partial charge in [-0.1, -0.05) is 30.3 Å². The summed E-state index contributed by atoms with van der Waals surface area (Å²) in [6, 6.07) is 10.3. The first-order valence-electron chi connectivity index (χ1n) is 11.0. The fraction of sp³-hybridized carbons (Fsp3) is 0.458. The Morgan fingerprint density at radius 2 is 1.87 bits per heavy atom. The molecule has 1 fully saturated rings. The minimum atomic E-state index is 0.0911. The van der Waals surface area contributed by atoms with Crippen LogP contribution in [0.5, 0.6) is 0 Å². The molecule has 1 amide bonds. The molecule has 6 nitrogen and oxygen atoms in total. The molecule has 164 valence electrons. The molecule has 0 bridgehead atoms. The van der Waals surface area contributed by atoms with Crippen molar-refractivity contribution in [2.45, 2.75) is 53.2 Å². The van der Waals surface area contributed by atoms with E-state index in [1.165, 1.54) is 5.56 Å². The number of hydrogen-bond donors (Lipinski definition) is 1. The van der Waals surface area contributed by atoms with Crippen LogP contribution in [0.3, 0.4) is 0 Å². The average molecular weight is 438 g/mol. The number of likely N-dealkylation sites (tertiary alicyclic amines) is 1. The van der Waals surface area contributed by atoms with E-state index in [1.54, 1.807) is 11.3 Å². The van der Waals surface area contributed by atoms with Crippen LogP contribution in [-0.2, 0) is 24.4 Å². The highest BCUT2D eigenvalue weighted by Gasteiger charge is 2.25. The molecule has 0 atom stereocenters. The van der Waals surface area contributed by atoms with Crippen molar-refractivity contribution in [2.75, 3.05) is 13.1 Å². The summed E-state index contributed by atoms with van der Waals surface area (Å²) in [7, 11) is 0. The molecule has 2 aromatic heterocycles. The molecule has 1 N–H and O–H groups in total. The van der Waals surface area contributed by atoms with Gasteiger partial charge in [0, 0.05) is 35.6 Å². The number of carbonyl (C=O) groups is 1. The van der Waals surface area contributed by atoms with Crippen molar-refractivity contribution in [1.82, 2.24) is 25.0 Å². The van der Waals surface area contributed by atoms with Crippen LogP contribution in [0.2, 0.25) is 0 Å². The zero-order valence-electron chi connectivity index (χ0n) is 18.6. The third kappa shape index (κ3) is 5.40. The number of aromatic nitrogens is 3. The molecule has 1 aromatic carbocycles. The SMILES string of the molecule is Cc1nc(CN2CCC(C(=O)NCc3c(C)nn(Cc4ccccc4)c3C)CC2)cs1. The van der Waals surface area contributed by atoms with Crippen molar-refractivity contribution in [1.29, 1.82) is 0 Å². The van der Waals surface area contributed by atoms with Crippen molar-refractivity contribution < 1.29 is 4.79 Å². The average Bonchev–Trinajstić information content (AvgIpc) is 3.29. The molecular formula is C24H31N5OS. The van der Waals surface area contributed by atoms with E-state index in [1.807, 2.05) is 36.7 Å². The topological polar surface area (TPSA) is 63.1 Å². The van der Waals surface area contributed by atoms with Crippen LogP contribution >= 0.6 is 11.3 Å². The van der Waals surface area contributed by atoms with Gasteiger partial charge in [0.2, 0.25) is 5.91 Å². The molecule has 31 heavy (non-hydrogen) atoms. The molecule has 3 heterocycles. The van der Waals surface area contributed by atoms with Crippen LogP contribution in [0.15, 0.2) is 35.7 Å². The van der Waals surface area contributed by atoms with E-state index < -0.39 is 0 Å². The number of hydrogen-bond acceptors (Lipinski definition) is 5. The maximum absolute atomic E-state index is 12.8. The first kappa shape index (κ1) is 21.7. The summed E-state index contributed by atoms with van der Waals surface area (Å²) in [6.45, 7) is 10.2. The number of benzene rings is 1. The van der Waals surface area contributed by atoms with Gasteiger partial charge in [-0.3, -0.25) is 14.4 Å². The third-order valence-electron chi connectivity index (χ3n) is 6.16. The molecule has 0 radical (unpaired) electrons. The molecule has 7 heteroatoms. The summed E-state index contributed by atoms with van der Waals surface area (Å²) in [6.07, 6.45) is 1.81. The van der Waals surface area contributed by atoms with Gasteiger partial charge in [0.1, 0.15) is 0 Å². The highest BCUT2D eigenvalue weighted by molar-refractivity contribution is 7.09. The molecule has 1 aliphatic rings. The smallest absolute Gasteiger partial charge is 0.223 e. The summed E-state index contributed by atoms with van der Waals surface area (Å²) in [5, 5.41) is 11.1. The lowest BCUT2D eigenvalue weighted by atomic mass is 9.95. The number of nitrogens with zero attached hydrogens (tertiary/aromatic N) is 4. The summed E-state index contributed by atoms with van der Waals surface area (Å²) in [5.74, 6) is 0.257. The lowest BCUT2D eigenvalue weighted by Gasteiger charge is -2.30. The van der Waals surface area contributed by atoms with Crippen molar-refractivity contribution in [3.63, 3.8) is 0 Å². The molecule has 0 aliphatic carbocycles. The Bertz CT molecular complexity index is 1020. The number of rotatable bonds is 7. The van der Waals surface area contributed by atoms with E-state index in [2.05, 4.69) is 39.6 Å². The summed E-state index contributed by atoms with van der Waals surface area (Å²) in [5.41, 5.74) is 5.60. The van der Waals surface area contributed by atoms with Gasteiger partial charge in [0.15, 0.2) is 0 Å².